The lowest BCUT2D eigenvalue weighted by Gasteiger charge is -2.34. The molecule has 0 unspecified atom stereocenters. The number of benzene rings is 2. The highest BCUT2D eigenvalue weighted by atomic mass is 16.5. The van der Waals surface area contributed by atoms with Gasteiger partial charge < -0.3 is 39.8 Å². The fraction of sp³-hybridized carbons (Fsp3) is 0.531. The van der Waals surface area contributed by atoms with Gasteiger partial charge in [-0.15, -0.1) is 0 Å². The minimum absolute atomic E-state index is 0.0460. The summed E-state index contributed by atoms with van der Waals surface area (Å²) in [7, 11) is 3.27. The Bertz CT molecular complexity index is 1270. The van der Waals surface area contributed by atoms with Crippen molar-refractivity contribution >= 4 is 29.2 Å². The first-order valence-corrected chi connectivity index (χ1v) is 15.1. The largest absolute Gasteiger partial charge is 0.497 e. The number of fused-ring (bicyclic) bond motifs is 1. The maximum Gasteiger partial charge on any atom is 0.321 e. The van der Waals surface area contributed by atoms with E-state index in [1.54, 1.807) is 73.3 Å². The summed E-state index contributed by atoms with van der Waals surface area (Å²) >= 11 is 0. The molecule has 2 aromatic carbocycles. The van der Waals surface area contributed by atoms with Crippen LogP contribution in [0.5, 0.6) is 11.5 Å². The fourth-order valence-corrected chi connectivity index (χ4v) is 5.28. The van der Waals surface area contributed by atoms with Gasteiger partial charge in [-0.3, -0.25) is 14.5 Å². The average Bonchev–Trinajstić information content (AvgIpc) is 3.07. The molecule has 0 aliphatic carbocycles. The first-order chi connectivity index (χ1) is 21.2. The number of anilines is 2. The quantitative estimate of drug-likeness (QED) is 0.374. The molecule has 0 aromatic heterocycles. The smallest absolute Gasteiger partial charge is 0.321 e. The molecule has 3 atom stereocenters. The molecule has 2 aromatic rings. The third-order valence-corrected chi connectivity index (χ3v) is 8.10. The van der Waals surface area contributed by atoms with E-state index >= 15 is 0 Å². The Morgan fingerprint density at radius 1 is 1.11 bits per heavy atom. The molecule has 240 valence electrons. The Balaban J connectivity index is 1.49. The van der Waals surface area contributed by atoms with Gasteiger partial charge in [-0.1, -0.05) is 6.92 Å². The minimum atomic E-state index is -0.464. The van der Waals surface area contributed by atoms with Gasteiger partial charge >= 0.3 is 6.03 Å². The number of ether oxygens (including phenoxy) is 3. The minimum Gasteiger partial charge on any atom is -0.497 e. The predicted octanol–water partition coefficient (Wildman–Crippen LogP) is 2.67. The van der Waals surface area contributed by atoms with E-state index in [0.29, 0.717) is 61.2 Å². The number of aliphatic hydroxyl groups excluding tert-OH is 1. The zero-order valence-electron chi connectivity index (χ0n) is 26.1. The SMILES string of the molecule is COc1ccc(NC(=O)N(C)C[C@H]2Oc3ccc(NC(=O)CCN4CCOCC4)cc3CC(=O)N([C@@H](C)CO)C[C@H]2C)cc1. The van der Waals surface area contributed by atoms with Crippen LogP contribution in [0.25, 0.3) is 0 Å². The van der Waals surface area contributed by atoms with Gasteiger partial charge in [0.1, 0.15) is 17.6 Å². The molecule has 12 heteroatoms. The van der Waals surface area contributed by atoms with E-state index in [4.69, 9.17) is 14.2 Å². The van der Waals surface area contributed by atoms with Crippen molar-refractivity contribution in [2.75, 3.05) is 77.3 Å². The molecule has 0 radical (unpaired) electrons. The molecule has 0 bridgehead atoms. The molecule has 3 N–H and O–H groups in total. The van der Waals surface area contributed by atoms with Crippen molar-refractivity contribution < 1.29 is 33.7 Å². The van der Waals surface area contributed by atoms with Crippen LogP contribution in [0.15, 0.2) is 42.5 Å². The van der Waals surface area contributed by atoms with Gasteiger partial charge in [0.2, 0.25) is 11.8 Å². The van der Waals surface area contributed by atoms with Crippen LogP contribution in [-0.2, 0) is 20.7 Å². The molecule has 4 amide bonds. The fourth-order valence-electron chi connectivity index (χ4n) is 5.28. The molecule has 2 heterocycles. The number of likely N-dealkylation sites (N-methyl/N-ethyl adjacent to an activating group) is 1. The molecule has 1 fully saturated rings. The number of nitrogens with one attached hydrogen (secondary N) is 2. The van der Waals surface area contributed by atoms with Crippen LogP contribution >= 0.6 is 0 Å². The molecular weight excluding hydrogens is 566 g/mol. The van der Waals surface area contributed by atoms with Gasteiger partial charge in [0.05, 0.1) is 45.9 Å². The van der Waals surface area contributed by atoms with Crippen molar-refractivity contribution in [3.8, 4) is 11.5 Å². The second-order valence-corrected chi connectivity index (χ2v) is 11.5. The lowest BCUT2D eigenvalue weighted by Crippen LogP contribution is -2.48. The Labute approximate surface area is 259 Å². The molecule has 0 spiro atoms. The van der Waals surface area contributed by atoms with Gasteiger partial charge in [-0.25, -0.2) is 4.79 Å². The van der Waals surface area contributed by atoms with E-state index in [0.717, 1.165) is 13.1 Å². The summed E-state index contributed by atoms with van der Waals surface area (Å²) < 4.78 is 17.1. The highest BCUT2D eigenvalue weighted by Crippen LogP contribution is 2.29. The standard InChI is InChI=1S/C32H45N5O7/c1-22-19-37(23(2)21-38)31(40)18-24-17-26(33-30(39)11-12-36-13-15-43-16-14-36)7-10-28(24)44-29(22)20-35(3)32(41)34-25-5-8-27(42-4)9-6-25/h5-10,17,22-23,29,38H,11-16,18-21H2,1-4H3,(H,33,39)(H,34,41)/t22-,23+,29-/m1/s1. The Morgan fingerprint density at radius 3 is 2.50 bits per heavy atom. The predicted molar refractivity (Wildman–Crippen MR) is 167 cm³/mol. The summed E-state index contributed by atoms with van der Waals surface area (Å²) in [6.07, 6.45) is -0.0722. The molecule has 4 rings (SSSR count). The highest BCUT2D eigenvalue weighted by molar-refractivity contribution is 5.91. The number of amides is 4. The molecule has 2 aliphatic heterocycles. The van der Waals surface area contributed by atoms with Crippen LogP contribution in [0.4, 0.5) is 16.2 Å². The molecular formula is C32H45N5O7. The second kappa shape index (κ2) is 15.7. The lowest BCUT2D eigenvalue weighted by molar-refractivity contribution is -0.134. The summed E-state index contributed by atoms with van der Waals surface area (Å²) in [6.45, 7) is 7.81. The van der Waals surface area contributed by atoms with Crippen molar-refractivity contribution in [1.29, 1.82) is 0 Å². The first-order valence-electron chi connectivity index (χ1n) is 15.1. The average molecular weight is 612 g/mol. The van der Waals surface area contributed by atoms with E-state index in [2.05, 4.69) is 15.5 Å². The molecule has 1 saturated heterocycles. The van der Waals surface area contributed by atoms with E-state index in [9.17, 15) is 19.5 Å². The van der Waals surface area contributed by atoms with Crippen molar-refractivity contribution in [2.45, 2.75) is 38.8 Å². The van der Waals surface area contributed by atoms with E-state index in [-0.39, 0.29) is 43.3 Å². The van der Waals surface area contributed by atoms with Gasteiger partial charge in [-0.05, 0) is 49.4 Å². The molecule has 2 aliphatic rings. The highest BCUT2D eigenvalue weighted by Gasteiger charge is 2.32. The number of rotatable bonds is 10. The maximum atomic E-state index is 13.5. The maximum absolute atomic E-state index is 13.5. The van der Waals surface area contributed by atoms with Gasteiger partial charge in [0.25, 0.3) is 0 Å². The molecule has 12 nitrogen and oxygen atoms in total. The number of hydrogen-bond acceptors (Lipinski definition) is 8. The van der Waals surface area contributed by atoms with Gasteiger partial charge in [0, 0.05) is 62.5 Å². The van der Waals surface area contributed by atoms with Crippen LogP contribution in [0.2, 0.25) is 0 Å². The molecule has 44 heavy (non-hydrogen) atoms. The summed E-state index contributed by atoms with van der Waals surface area (Å²) in [6, 6.07) is 11.7. The third kappa shape index (κ3) is 9.07. The lowest BCUT2D eigenvalue weighted by atomic mass is 10.0. The van der Waals surface area contributed by atoms with Crippen molar-refractivity contribution in [2.24, 2.45) is 5.92 Å². The third-order valence-electron chi connectivity index (χ3n) is 8.10. The number of carbonyl (C=O) groups excluding carboxylic acids is 3. The number of aliphatic hydroxyl groups is 1. The summed E-state index contributed by atoms with van der Waals surface area (Å²) in [5.74, 6) is 0.775. The topological polar surface area (TPSA) is 133 Å². The van der Waals surface area contributed by atoms with Crippen LogP contribution in [-0.4, -0.2) is 116 Å². The summed E-state index contributed by atoms with van der Waals surface area (Å²) in [5, 5.41) is 15.8. The monoisotopic (exact) mass is 611 g/mol. The van der Waals surface area contributed by atoms with Gasteiger partial charge in [-0.2, -0.15) is 0 Å². The van der Waals surface area contributed by atoms with E-state index in [1.165, 1.54) is 0 Å². The van der Waals surface area contributed by atoms with E-state index < -0.39 is 12.1 Å². The van der Waals surface area contributed by atoms with Crippen LogP contribution in [0.3, 0.4) is 0 Å². The number of carbonyl (C=O) groups is 3. The second-order valence-electron chi connectivity index (χ2n) is 11.5. The van der Waals surface area contributed by atoms with Crippen molar-refractivity contribution in [1.82, 2.24) is 14.7 Å². The molecule has 0 saturated carbocycles. The van der Waals surface area contributed by atoms with Crippen molar-refractivity contribution in [3.05, 3.63) is 48.0 Å². The number of methoxy groups -OCH3 is 1. The van der Waals surface area contributed by atoms with Crippen LogP contribution in [0.1, 0.15) is 25.8 Å². The van der Waals surface area contributed by atoms with E-state index in [1.807, 2.05) is 6.92 Å². The Morgan fingerprint density at radius 2 is 1.82 bits per heavy atom. The zero-order valence-corrected chi connectivity index (χ0v) is 26.1. The summed E-state index contributed by atoms with van der Waals surface area (Å²) in [5.41, 5.74) is 1.83. The van der Waals surface area contributed by atoms with Crippen LogP contribution < -0.4 is 20.1 Å². The first kappa shape index (κ1) is 33.0. The Hall–Kier alpha value is -3.87. The van der Waals surface area contributed by atoms with Crippen molar-refractivity contribution in [3.63, 3.8) is 0 Å². The normalized spacial score (nSPS) is 19.8. The summed E-state index contributed by atoms with van der Waals surface area (Å²) in [4.78, 5) is 44.7. The number of morpholine rings is 1. The number of nitrogens with zero attached hydrogens (tertiary/aromatic N) is 3. The number of urea groups is 1. The Kier molecular flexibility index (Phi) is 11.8. The zero-order chi connectivity index (χ0) is 31.6. The number of hydrogen-bond donors (Lipinski definition) is 3. The van der Waals surface area contributed by atoms with Gasteiger partial charge in [0.15, 0.2) is 0 Å². The van der Waals surface area contributed by atoms with Crippen LogP contribution in [0, 0.1) is 5.92 Å².